The normalized spacial score (nSPS) is 13.1. The van der Waals surface area contributed by atoms with Crippen LogP contribution in [-0.2, 0) is 43.2 Å². The molecule has 5 unspecified atom stereocenters. The number of aldehydes is 1. The lowest BCUT2D eigenvalue weighted by molar-refractivity contribution is -0.313. The summed E-state index contributed by atoms with van der Waals surface area (Å²) in [6.07, 6.45) is 2.68. The molecule has 5 atom stereocenters. The zero-order chi connectivity index (χ0) is 56.0. The fourth-order valence-corrected chi connectivity index (χ4v) is 7.51. The Balaban J connectivity index is 2.49. The Morgan fingerprint density at radius 1 is 0.720 bits per heavy atom. The average molecular weight is 1050 g/mol. The quantitative estimate of drug-likeness (QED) is 0.0141. The fourth-order valence-electron chi connectivity index (χ4n) is 7.51. The minimum atomic E-state index is -1.76. The number of aliphatic carboxylic acids is 5. The summed E-state index contributed by atoms with van der Waals surface area (Å²) in [5.74, 6) is -12.6. The van der Waals surface area contributed by atoms with E-state index in [0.717, 1.165) is 14.7 Å². The van der Waals surface area contributed by atoms with Crippen LogP contribution in [0.5, 0.6) is 5.75 Å². The van der Waals surface area contributed by atoms with E-state index >= 15 is 0 Å². The number of amides is 4. The van der Waals surface area contributed by atoms with Crippen molar-refractivity contribution in [3.8, 4) is 16.9 Å². The van der Waals surface area contributed by atoms with Crippen LogP contribution in [0.3, 0.4) is 0 Å². The Hall–Kier alpha value is -7.75. The minimum Gasteiger partial charge on any atom is -0.549 e. The number of hydrogen-bond acceptors (Lipinski definition) is 21. The van der Waals surface area contributed by atoms with Gasteiger partial charge in [-0.05, 0) is 67.8 Å². The van der Waals surface area contributed by atoms with Crippen molar-refractivity contribution in [1.29, 1.82) is 0 Å². The largest absolute Gasteiger partial charge is 0.549 e. The number of unbranched alkanes of at least 4 members (excludes halogenated alkanes) is 1. The van der Waals surface area contributed by atoms with Crippen molar-refractivity contribution in [2.45, 2.75) is 76.5 Å². The van der Waals surface area contributed by atoms with Gasteiger partial charge in [-0.1, -0.05) is 56.7 Å². The maximum Gasteiger partial charge on any atom is 0.255 e. The number of nitrogens with zero attached hydrogens (tertiary/aromatic N) is 4. The van der Waals surface area contributed by atoms with E-state index in [-0.39, 0.29) is 36.7 Å². The summed E-state index contributed by atoms with van der Waals surface area (Å²) in [6.45, 7) is -3.63. The van der Waals surface area contributed by atoms with Crippen molar-refractivity contribution in [2.75, 3.05) is 78.6 Å². The number of benzene rings is 2. The van der Waals surface area contributed by atoms with Crippen molar-refractivity contribution in [1.82, 2.24) is 36.0 Å². The molecule has 0 spiro atoms. The summed E-state index contributed by atoms with van der Waals surface area (Å²) in [4.78, 5) is 132. The van der Waals surface area contributed by atoms with Gasteiger partial charge in [0.05, 0.1) is 54.0 Å². The first-order chi connectivity index (χ1) is 35.6. The van der Waals surface area contributed by atoms with Gasteiger partial charge in [0.1, 0.15) is 30.7 Å². The molecule has 0 radical (unpaired) electrons. The summed E-state index contributed by atoms with van der Waals surface area (Å²) in [5, 5.41) is 68.6. The summed E-state index contributed by atoms with van der Waals surface area (Å²) >= 11 is 0. The number of carbonyl (C=O) groups excluding carboxylic acids is 10. The predicted octanol–water partition coefficient (Wildman–Crippen LogP) is -8.63. The fraction of sp³-hybridized carbons (Fsp3) is 0.521. The third-order valence-electron chi connectivity index (χ3n) is 11.5. The predicted molar refractivity (Wildman–Crippen MR) is 257 cm³/mol. The van der Waals surface area contributed by atoms with Gasteiger partial charge in [-0.3, -0.25) is 38.9 Å². The molecule has 414 valence electrons. The Kier molecular flexibility index (Phi) is 28.6. The highest BCUT2D eigenvalue weighted by Gasteiger charge is 2.31. The van der Waals surface area contributed by atoms with Crippen molar-refractivity contribution in [3.05, 3.63) is 54.1 Å². The van der Waals surface area contributed by atoms with Gasteiger partial charge in [0.15, 0.2) is 5.96 Å². The molecule has 4 amide bonds. The second kappa shape index (κ2) is 33.9. The van der Waals surface area contributed by atoms with Crippen LogP contribution in [0.1, 0.15) is 62.7 Å². The van der Waals surface area contributed by atoms with Gasteiger partial charge >= 0.3 is 0 Å². The highest BCUT2D eigenvalue weighted by molar-refractivity contribution is 6.00. The van der Waals surface area contributed by atoms with Gasteiger partial charge < -0.3 is 97.5 Å². The molecule has 0 heterocycles. The number of guanidine groups is 1. The first-order valence-corrected chi connectivity index (χ1v) is 24.0. The number of rotatable bonds is 39. The molecule has 0 saturated heterocycles. The van der Waals surface area contributed by atoms with Crippen LogP contribution in [0.25, 0.3) is 11.1 Å². The van der Waals surface area contributed by atoms with Crippen molar-refractivity contribution >= 4 is 65.7 Å². The van der Waals surface area contributed by atoms with Gasteiger partial charge in [0, 0.05) is 58.9 Å². The molecule has 27 heteroatoms. The molecule has 0 saturated carbocycles. The van der Waals surface area contributed by atoms with Crippen molar-refractivity contribution in [2.24, 2.45) is 28.1 Å². The van der Waals surface area contributed by atoms with Crippen LogP contribution in [0, 0.1) is 5.92 Å². The lowest BCUT2D eigenvalue weighted by Crippen LogP contribution is -2.57. The molecule has 0 aliphatic rings. The number of carboxylic acid groups (broad SMARTS) is 5. The third kappa shape index (κ3) is 25.2. The highest BCUT2D eigenvalue weighted by Crippen LogP contribution is 2.27. The van der Waals surface area contributed by atoms with Gasteiger partial charge in [0.25, 0.3) is 5.91 Å². The van der Waals surface area contributed by atoms with Gasteiger partial charge in [-0.15, -0.1) is 0 Å². The summed E-state index contributed by atoms with van der Waals surface area (Å²) in [5.41, 5.74) is 17.3. The van der Waals surface area contributed by atoms with Crippen LogP contribution in [0.4, 0.5) is 0 Å². The van der Waals surface area contributed by atoms with E-state index in [9.17, 15) is 73.5 Å². The Labute approximate surface area is 433 Å². The molecule has 0 fully saturated rings. The van der Waals surface area contributed by atoms with E-state index in [1.807, 2.05) is 0 Å². The Bertz CT molecular complexity index is 2230. The molecular weight excluding hydrogens is 987 g/mol. The second-order valence-corrected chi connectivity index (χ2v) is 17.4. The number of nitrogens with one attached hydrogen (secondary N) is 4. The van der Waals surface area contributed by atoms with Crippen molar-refractivity contribution in [3.63, 3.8) is 0 Å². The van der Waals surface area contributed by atoms with E-state index in [1.165, 1.54) is 12.1 Å². The molecule has 10 N–H and O–H groups in total. The monoisotopic (exact) mass is 1050 g/mol. The molecule has 2 aromatic carbocycles. The molecule has 0 bridgehead atoms. The van der Waals surface area contributed by atoms with Gasteiger partial charge in [0.2, 0.25) is 17.7 Å². The van der Waals surface area contributed by atoms with E-state index in [1.54, 1.807) is 50.2 Å². The number of nitrogens with two attached hydrogens (primary N) is 3. The molecule has 27 nitrogen and oxygen atoms in total. The highest BCUT2D eigenvalue weighted by atomic mass is 16.5. The van der Waals surface area contributed by atoms with Crippen LogP contribution in [0.15, 0.2) is 53.5 Å². The van der Waals surface area contributed by atoms with Crippen LogP contribution in [-0.4, -0.2) is 183 Å². The molecule has 2 rings (SSSR count). The number of carbonyl (C=O) groups is 10. The molecule has 0 aromatic heterocycles. The van der Waals surface area contributed by atoms with E-state index < -0.39 is 149 Å². The molecular formula is C48H66N11O16-5. The average Bonchev–Trinajstić information content (AvgIpc) is 3.34. The number of ether oxygens (including phenoxy) is 1. The van der Waals surface area contributed by atoms with Crippen LogP contribution >= 0.6 is 0 Å². The maximum atomic E-state index is 14.1. The van der Waals surface area contributed by atoms with Gasteiger partial charge in [-0.2, -0.15) is 0 Å². The Morgan fingerprint density at radius 3 is 1.88 bits per heavy atom. The first-order valence-electron chi connectivity index (χ1n) is 24.0. The van der Waals surface area contributed by atoms with Gasteiger partial charge in [-0.25, -0.2) is 0 Å². The SMILES string of the molecule is CCC(C)C(NC(=O)CNC(=O)c1cc(-c2ccccc2)ccc1OCC(CN(CCN(CC(=O)[O-])CC(=O)[O-])CC(=O)[O-])N(CC(=O)[O-])CC(=O)[O-])C(=O)NC(CCCN=C(N)N)C(=O)NC(C=O)CCCCN. The number of aliphatic imine (C=N–C) groups is 1. The zero-order valence-corrected chi connectivity index (χ0v) is 41.9. The van der Waals surface area contributed by atoms with E-state index in [0.29, 0.717) is 49.6 Å². The molecule has 2 aromatic rings. The molecule has 0 aliphatic carbocycles. The topological polar surface area (TPSA) is 443 Å². The second-order valence-electron chi connectivity index (χ2n) is 17.4. The lowest BCUT2D eigenvalue weighted by atomic mass is 9.97. The standard InChI is InChI=1S/C48H71N11O16/c1-3-30(2)44(47(74)55-36(13-9-17-52-48(50)51)46(73)54-33(28-60)12-7-8-16-49)56-38(61)21-53-45(72)35-20-32(31-10-5-4-6-11-31)14-15-37(35)75-29-34(59(26-42(68)69)27-43(70)71)22-57(23-39(62)63)18-19-58(24-40(64)65)25-41(66)67/h4-6,10-11,14-15,20,28,30,33-34,36,44H,3,7-9,12-13,16-19,21-27,29,49H2,1-2H3,(H,53,72)(H,54,73)(H,55,74)(H,56,61)(H,62,63)(H,64,65)(H,66,67)(H,68,69)(H,70,71)(H4,50,51,52)/p-5. The summed E-state index contributed by atoms with van der Waals surface area (Å²) < 4.78 is 6.07. The smallest absolute Gasteiger partial charge is 0.255 e. The summed E-state index contributed by atoms with van der Waals surface area (Å²) in [7, 11) is 0. The zero-order valence-electron chi connectivity index (χ0n) is 41.9. The van der Waals surface area contributed by atoms with E-state index in [2.05, 4.69) is 26.3 Å². The first kappa shape index (κ1) is 63.4. The van der Waals surface area contributed by atoms with E-state index in [4.69, 9.17) is 21.9 Å². The summed E-state index contributed by atoms with van der Waals surface area (Å²) in [6, 6.07) is 8.29. The van der Waals surface area contributed by atoms with Crippen molar-refractivity contribution < 1.29 is 78.2 Å². The van der Waals surface area contributed by atoms with Crippen LogP contribution < -0.4 is 68.7 Å². The minimum absolute atomic E-state index is 0.0366. The lowest BCUT2D eigenvalue weighted by Gasteiger charge is -2.37. The molecule has 0 aliphatic heterocycles. The maximum absolute atomic E-state index is 14.1. The Morgan fingerprint density at radius 2 is 1.32 bits per heavy atom. The number of hydrogen-bond donors (Lipinski definition) is 7. The molecule has 75 heavy (non-hydrogen) atoms. The third-order valence-corrected chi connectivity index (χ3v) is 11.5. The number of carboxylic acids is 5. The van der Waals surface area contributed by atoms with Crippen LogP contribution in [0.2, 0.25) is 0 Å².